The number of nitrogens with zero attached hydrogens (tertiary/aromatic N) is 4. The van der Waals surface area contributed by atoms with Crippen molar-refractivity contribution < 1.29 is 22.7 Å². The molecule has 2 aromatic rings. The zero-order valence-electron chi connectivity index (χ0n) is 17.9. The summed E-state index contributed by atoms with van der Waals surface area (Å²) in [6, 6.07) is 9.35. The molecule has 0 bridgehead atoms. The summed E-state index contributed by atoms with van der Waals surface area (Å²) < 4.78 is 39.4. The molecule has 0 spiro atoms. The Morgan fingerprint density at radius 1 is 1.03 bits per heavy atom. The van der Waals surface area contributed by atoms with E-state index in [9.17, 15) is 13.2 Å². The average molecular weight is 449 g/mol. The maximum atomic E-state index is 13.1. The molecule has 2 aliphatic rings. The molecule has 0 N–H and O–H groups in total. The minimum absolute atomic E-state index is 0.148. The third-order valence-corrected chi connectivity index (χ3v) is 7.66. The Hall–Kier alpha value is -2.56. The molecular weight excluding hydrogens is 420 g/mol. The van der Waals surface area contributed by atoms with Crippen molar-refractivity contribution in [3.05, 3.63) is 42.2 Å². The van der Waals surface area contributed by atoms with Crippen LogP contribution in [0.5, 0.6) is 5.75 Å². The maximum absolute atomic E-state index is 13.1. The number of carbonyl (C=O) groups is 1. The number of hydrogen-bond donors (Lipinski definition) is 0. The lowest BCUT2D eigenvalue weighted by Crippen LogP contribution is -2.49. The van der Waals surface area contributed by atoms with Crippen molar-refractivity contribution in [2.45, 2.75) is 4.90 Å². The van der Waals surface area contributed by atoms with E-state index in [1.165, 1.54) is 16.6 Å². The Kier molecular flexibility index (Phi) is 6.22. The number of piperazine rings is 1. The number of methoxy groups -OCH3 is 1. The molecule has 1 aromatic heterocycles. The van der Waals surface area contributed by atoms with E-state index in [-0.39, 0.29) is 10.8 Å². The number of anilines is 1. The number of sulfonamides is 1. The number of amides is 1. The van der Waals surface area contributed by atoms with Crippen molar-refractivity contribution in [1.82, 2.24) is 13.8 Å². The predicted molar refractivity (Wildman–Crippen MR) is 116 cm³/mol. The van der Waals surface area contributed by atoms with Gasteiger partial charge >= 0.3 is 0 Å². The number of aromatic nitrogens is 1. The summed E-state index contributed by atoms with van der Waals surface area (Å²) in [5, 5.41) is 0. The first-order valence-electron chi connectivity index (χ1n) is 10.3. The van der Waals surface area contributed by atoms with Crippen LogP contribution in [-0.2, 0) is 21.8 Å². The van der Waals surface area contributed by atoms with Crippen LogP contribution in [0.2, 0.25) is 0 Å². The van der Waals surface area contributed by atoms with E-state index in [4.69, 9.17) is 9.47 Å². The highest BCUT2D eigenvalue weighted by atomic mass is 32.2. The van der Waals surface area contributed by atoms with Crippen LogP contribution in [0.4, 0.5) is 5.69 Å². The fraction of sp³-hybridized carbons (Fsp3) is 0.476. The van der Waals surface area contributed by atoms with Crippen LogP contribution < -0.4 is 9.64 Å². The van der Waals surface area contributed by atoms with E-state index >= 15 is 0 Å². The molecule has 4 rings (SSSR count). The highest BCUT2D eigenvalue weighted by Gasteiger charge is 2.30. The van der Waals surface area contributed by atoms with Crippen molar-refractivity contribution in [3.63, 3.8) is 0 Å². The summed E-state index contributed by atoms with van der Waals surface area (Å²) in [5.74, 6) is 0.644. The Morgan fingerprint density at radius 3 is 2.42 bits per heavy atom. The van der Waals surface area contributed by atoms with Crippen molar-refractivity contribution in [2.24, 2.45) is 7.05 Å². The standard InChI is InChI=1S/C21H28N4O5S/c1-22-16-19(31(27,28)25-10-12-30-13-11-25)15-20(22)21(26)24-8-6-23(7-9-24)17-4-3-5-18(14-17)29-2/h3-5,14-16H,6-13H2,1-2H3. The second-order valence-corrected chi connectivity index (χ2v) is 9.61. The van der Waals surface area contributed by atoms with Gasteiger partial charge in [0.1, 0.15) is 16.3 Å². The quantitative estimate of drug-likeness (QED) is 0.679. The Balaban J connectivity index is 1.44. The molecule has 0 unspecified atom stereocenters. The van der Waals surface area contributed by atoms with Crippen LogP contribution in [0.1, 0.15) is 10.5 Å². The van der Waals surface area contributed by atoms with E-state index in [2.05, 4.69) is 4.90 Å². The third kappa shape index (κ3) is 4.41. The van der Waals surface area contributed by atoms with Gasteiger partial charge < -0.3 is 23.8 Å². The van der Waals surface area contributed by atoms with Crippen LogP contribution in [-0.4, -0.2) is 87.7 Å². The molecule has 0 atom stereocenters. The Labute approximate surface area is 182 Å². The summed E-state index contributed by atoms with van der Waals surface area (Å²) in [6.45, 7) is 3.94. The van der Waals surface area contributed by atoms with Crippen LogP contribution in [0.25, 0.3) is 0 Å². The van der Waals surface area contributed by atoms with Crippen molar-refractivity contribution in [3.8, 4) is 5.75 Å². The van der Waals surface area contributed by atoms with Gasteiger partial charge in [0.25, 0.3) is 5.91 Å². The highest BCUT2D eigenvalue weighted by Crippen LogP contribution is 2.24. The van der Waals surface area contributed by atoms with Gasteiger partial charge in [0, 0.05) is 64.3 Å². The second kappa shape index (κ2) is 8.89. The molecule has 10 heteroatoms. The first-order chi connectivity index (χ1) is 14.9. The van der Waals surface area contributed by atoms with E-state index in [1.807, 2.05) is 24.3 Å². The molecule has 1 aromatic carbocycles. The lowest BCUT2D eigenvalue weighted by Gasteiger charge is -2.36. The van der Waals surface area contributed by atoms with Gasteiger partial charge in [-0.15, -0.1) is 0 Å². The van der Waals surface area contributed by atoms with E-state index < -0.39 is 10.0 Å². The summed E-state index contributed by atoms with van der Waals surface area (Å²) >= 11 is 0. The average Bonchev–Trinajstić information content (AvgIpc) is 3.21. The molecule has 9 nitrogen and oxygen atoms in total. The number of benzene rings is 1. The largest absolute Gasteiger partial charge is 0.497 e. The number of ether oxygens (including phenoxy) is 2. The SMILES string of the molecule is COc1cccc(N2CCN(C(=O)c3cc(S(=O)(=O)N4CCOCC4)cn3C)CC2)c1. The molecule has 0 saturated carbocycles. The number of morpholine rings is 1. The van der Waals surface area contributed by atoms with Crippen molar-refractivity contribution in [2.75, 3.05) is 64.5 Å². The molecular formula is C21H28N4O5S. The molecule has 2 saturated heterocycles. The molecule has 0 radical (unpaired) electrons. The normalized spacial score (nSPS) is 18.3. The number of aryl methyl sites for hydroxylation is 1. The van der Waals surface area contributed by atoms with Crippen LogP contribution in [0.15, 0.2) is 41.4 Å². The van der Waals surface area contributed by atoms with Gasteiger partial charge in [0.2, 0.25) is 10.0 Å². The van der Waals surface area contributed by atoms with Gasteiger partial charge in [0.15, 0.2) is 0 Å². The Morgan fingerprint density at radius 2 is 1.74 bits per heavy atom. The molecule has 3 heterocycles. The smallest absolute Gasteiger partial charge is 0.270 e. The van der Waals surface area contributed by atoms with E-state index in [0.717, 1.165) is 11.4 Å². The van der Waals surface area contributed by atoms with Crippen LogP contribution in [0, 0.1) is 0 Å². The molecule has 31 heavy (non-hydrogen) atoms. The van der Waals surface area contributed by atoms with Gasteiger partial charge in [-0.3, -0.25) is 4.79 Å². The lowest BCUT2D eigenvalue weighted by atomic mass is 10.2. The van der Waals surface area contributed by atoms with Crippen LogP contribution in [0.3, 0.4) is 0 Å². The maximum Gasteiger partial charge on any atom is 0.270 e. The molecule has 2 aliphatic heterocycles. The Bertz CT molecular complexity index is 1040. The minimum atomic E-state index is -3.64. The summed E-state index contributed by atoms with van der Waals surface area (Å²) in [6.07, 6.45) is 1.52. The van der Waals surface area contributed by atoms with Crippen molar-refractivity contribution in [1.29, 1.82) is 0 Å². The molecule has 1 amide bonds. The van der Waals surface area contributed by atoms with Crippen molar-refractivity contribution >= 4 is 21.6 Å². The van der Waals surface area contributed by atoms with E-state index in [0.29, 0.717) is 58.2 Å². The highest BCUT2D eigenvalue weighted by molar-refractivity contribution is 7.89. The predicted octanol–water partition coefficient (Wildman–Crippen LogP) is 1.02. The van der Waals surface area contributed by atoms with E-state index in [1.54, 1.807) is 23.6 Å². The zero-order valence-corrected chi connectivity index (χ0v) is 18.7. The topological polar surface area (TPSA) is 84.3 Å². The van der Waals surface area contributed by atoms with Gasteiger partial charge in [-0.05, 0) is 18.2 Å². The summed E-state index contributed by atoms with van der Waals surface area (Å²) in [5.41, 5.74) is 1.44. The monoisotopic (exact) mass is 448 g/mol. The second-order valence-electron chi connectivity index (χ2n) is 7.67. The number of rotatable bonds is 5. The molecule has 0 aliphatic carbocycles. The fourth-order valence-corrected chi connectivity index (χ4v) is 5.44. The molecule has 168 valence electrons. The minimum Gasteiger partial charge on any atom is -0.497 e. The lowest BCUT2D eigenvalue weighted by molar-refractivity contribution is 0.0729. The van der Waals surface area contributed by atoms with Gasteiger partial charge in [-0.25, -0.2) is 8.42 Å². The summed E-state index contributed by atoms with van der Waals surface area (Å²) in [4.78, 5) is 17.3. The van der Waals surface area contributed by atoms with Gasteiger partial charge in [-0.2, -0.15) is 4.31 Å². The van der Waals surface area contributed by atoms with Gasteiger partial charge in [-0.1, -0.05) is 6.07 Å². The number of carbonyl (C=O) groups excluding carboxylic acids is 1. The number of hydrogen-bond acceptors (Lipinski definition) is 6. The van der Waals surface area contributed by atoms with Gasteiger partial charge in [0.05, 0.1) is 20.3 Å². The van der Waals surface area contributed by atoms with Crippen LogP contribution >= 0.6 is 0 Å². The molecule has 2 fully saturated rings. The fourth-order valence-electron chi connectivity index (χ4n) is 3.96. The first kappa shape index (κ1) is 21.7. The zero-order chi connectivity index (χ0) is 22.0. The first-order valence-corrected chi connectivity index (χ1v) is 11.8. The summed E-state index contributed by atoms with van der Waals surface area (Å²) in [7, 11) is -0.289. The third-order valence-electron chi connectivity index (χ3n) is 5.79.